The number of ether oxygens (including phenoxy) is 1. The van der Waals surface area contributed by atoms with Crippen molar-refractivity contribution >= 4 is 11.5 Å². The molecule has 0 aromatic heterocycles. The van der Waals surface area contributed by atoms with Crippen LogP contribution < -0.4 is 4.74 Å². The predicted molar refractivity (Wildman–Crippen MR) is 126 cm³/mol. The number of allylic oxidation sites excluding steroid dienone is 5. The fourth-order valence-electron chi connectivity index (χ4n) is 4.20. The van der Waals surface area contributed by atoms with Crippen LogP contribution in [0.3, 0.4) is 0 Å². The van der Waals surface area contributed by atoms with Crippen LogP contribution in [0.1, 0.15) is 90.8 Å². The third kappa shape index (κ3) is 5.87. The molecule has 0 heterocycles. The maximum Gasteiger partial charge on any atom is 0.328 e. The first kappa shape index (κ1) is 24.9. The number of hydrogen-bond donors (Lipinski definition) is 1. The van der Waals surface area contributed by atoms with Crippen LogP contribution in [0, 0.1) is 0 Å². The van der Waals surface area contributed by atoms with Crippen molar-refractivity contribution in [1.29, 1.82) is 0 Å². The Labute approximate surface area is 186 Å². The number of hydrogen-bond acceptors (Lipinski definition) is 2. The van der Waals surface area contributed by atoms with Gasteiger partial charge in [-0.2, -0.15) is 0 Å². The molecule has 1 N–H and O–H groups in total. The van der Waals surface area contributed by atoms with Crippen molar-refractivity contribution in [2.75, 3.05) is 6.61 Å². The number of carbonyl (C=O) groups is 1. The molecule has 170 valence electrons. The van der Waals surface area contributed by atoms with Gasteiger partial charge in [-0.05, 0) is 83.9 Å². The summed E-state index contributed by atoms with van der Waals surface area (Å²) in [5.74, 6) is -0.684. The summed E-state index contributed by atoms with van der Waals surface area (Å²) < 4.78 is 21.4. The monoisotopic (exact) mass is 428 g/mol. The Bertz CT molecular complexity index is 917. The Morgan fingerprint density at radius 1 is 1.10 bits per heavy atom. The lowest BCUT2D eigenvalue weighted by atomic mass is 9.62. The number of carboxylic acid groups (broad SMARTS) is 1. The Kier molecular flexibility index (Phi) is 7.91. The fourth-order valence-corrected chi connectivity index (χ4v) is 4.20. The first-order valence-electron chi connectivity index (χ1n) is 11.2. The number of carboxylic acids is 1. The van der Waals surface area contributed by atoms with E-state index in [0.717, 1.165) is 36.7 Å². The van der Waals surface area contributed by atoms with Gasteiger partial charge in [0.2, 0.25) is 0 Å². The van der Waals surface area contributed by atoms with Crippen LogP contribution in [-0.4, -0.2) is 17.7 Å². The normalized spacial score (nSPS) is 18.5. The van der Waals surface area contributed by atoms with E-state index in [4.69, 9.17) is 9.84 Å². The van der Waals surface area contributed by atoms with Crippen molar-refractivity contribution in [2.45, 2.75) is 85.0 Å². The highest BCUT2D eigenvalue weighted by Gasteiger charge is 2.38. The quantitative estimate of drug-likeness (QED) is 0.344. The Morgan fingerprint density at radius 3 is 2.19 bits per heavy atom. The predicted octanol–water partition coefficient (Wildman–Crippen LogP) is 7.50. The van der Waals surface area contributed by atoms with Gasteiger partial charge in [0.1, 0.15) is 11.6 Å². The highest BCUT2D eigenvalue weighted by Crippen LogP contribution is 2.49. The standard InChI is InChI=1S/C27H37FO3/c1-8-14-31-24-17-22-21(26(4,5)12-13-27(22,6)7)16-20(24)19(9-2)23(28)11-10-18(3)15-25(29)30/h10-11,15-17H,8-9,12-14H2,1-7H3,(H,29,30)/b11-10+,18-15+,23-19+. The lowest BCUT2D eigenvalue weighted by Crippen LogP contribution is -2.34. The van der Waals surface area contributed by atoms with Crippen LogP contribution >= 0.6 is 0 Å². The van der Waals surface area contributed by atoms with Crippen molar-refractivity contribution in [2.24, 2.45) is 0 Å². The zero-order valence-corrected chi connectivity index (χ0v) is 20.1. The van der Waals surface area contributed by atoms with Crippen LogP contribution in [-0.2, 0) is 15.6 Å². The average Bonchev–Trinajstić information content (AvgIpc) is 2.68. The second-order valence-corrected chi connectivity index (χ2v) is 9.75. The zero-order chi connectivity index (χ0) is 23.4. The second-order valence-electron chi connectivity index (χ2n) is 9.75. The van der Waals surface area contributed by atoms with Crippen molar-refractivity contribution in [3.63, 3.8) is 0 Å². The minimum atomic E-state index is -1.04. The first-order valence-corrected chi connectivity index (χ1v) is 11.2. The van der Waals surface area contributed by atoms with Crippen molar-refractivity contribution in [1.82, 2.24) is 0 Å². The molecule has 1 aromatic rings. The third-order valence-corrected chi connectivity index (χ3v) is 6.23. The molecule has 0 radical (unpaired) electrons. The lowest BCUT2D eigenvalue weighted by molar-refractivity contribution is -0.131. The van der Waals surface area contributed by atoms with Gasteiger partial charge in [0.05, 0.1) is 6.61 Å². The van der Waals surface area contributed by atoms with E-state index < -0.39 is 5.97 Å². The van der Waals surface area contributed by atoms with Crippen LogP contribution in [0.5, 0.6) is 5.75 Å². The molecule has 0 aliphatic heterocycles. The van der Waals surface area contributed by atoms with Gasteiger partial charge in [0, 0.05) is 11.6 Å². The van der Waals surface area contributed by atoms with Gasteiger partial charge in [-0.1, -0.05) is 47.6 Å². The second kappa shape index (κ2) is 9.84. The molecular weight excluding hydrogens is 391 g/mol. The number of halogens is 1. The van der Waals surface area contributed by atoms with Gasteiger partial charge >= 0.3 is 5.97 Å². The summed E-state index contributed by atoms with van der Waals surface area (Å²) in [7, 11) is 0. The molecule has 31 heavy (non-hydrogen) atoms. The Balaban J connectivity index is 2.69. The van der Waals surface area contributed by atoms with E-state index in [-0.39, 0.29) is 16.7 Å². The largest absolute Gasteiger partial charge is 0.493 e. The first-order chi connectivity index (χ1) is 14.4. The van der Waals surface area contributed by atoms with Crippen LogP contribution in [0.15, 0.2) is 41.8 Å². The molecule has 0 spiro atoms. The molecule has 3 nitrogen and oxygen atoms in total. The molecule has 0 saturated heterocycles. The maximum absolute atomic E-state index is 15.3. The molecule has 1 aromatic carbocycles. The molecule has 0 fully saturated rings. The van der Waals surface area contributed by atoms with Crippen LogP contribution in [0.4, 0.5) is 4.39 Å². The highest BCUT2D eigenvalue weighted by molar-refractivity contribution is 5.81. The summed E-state index contributed by atoms with van der Waals surface area (Å²) in [6.07, 6.45) is 7.47. The number of aliphatic carboxylic acids is 1. The molecular formula is C27H37FO3. The molecule has 1 aliphatic carbocycles. The van der Waals surface area contributed by atoms with Crippen molar-refractivity contribution in [3.05, 3.63) is 58.5 Å². The van der Waals surface area contributed by atoms with E-state index in [1.54, 1.807) is 6.92 Å². The van der Waals surface area contributed by atoms with E-state index >= 15 is 4.39 Å². The number of benzene rings is 1. The minimum Gasteiger partial charge on any atom is -0.493 e. The van der Waals surface area contributed by atoms with Gasteiger partial charge in [-0.3, -0.25) is 0 Å². The summed E-state index contributed by atoms with van der Waals surface area (Å²) in [6, 6.07) is 4.26. The van der Waals surface area contributed by atoms with Crippen LogP contribution in [0.25, 0.3) is 5.57 Å². The Morgan fingerprint density at radius 2 is 1.68 bits per heavy atom. The van der Waals surface area contributed by atoms with Gasteiger partial charge in [0.15, 0.2) is 0 Å². The zero-order valence-electron chi connectivity index (χ0n) is 20.1. The minimum absolute atomic E-state index is 0.00880. The van der Waals surface area contributed by atoms with Gasteiger partial charge in [-0.25, -0.2) is 9.18 Å². The van der Waals surface area contributed by atoms with E-state index in [1.807, 2.05) is 6.92 Å². The van der Waals surface area contributed by atoms with E-state index in [9.17, 15) is 4.79 Å². The van der Waals surface area contributed by atoms with E-state index in [1.165, 1.54) is 23.3 Å². The highest BCUT2D eigenvalue weighted by atomic mass is 19.1. The molecule has 0 atom stereocenters. The van der Waals surface area contributed by atoms with Gasteiger partial charge in [0.25, 0.3) is 0 Å². The number of rotatable bonds is 8. The Hall–Kier alpha value is -2.36. The lowest BCUT2D eigenvalue weighted by Gasteiger charge is -2.42. The summed E-state index contributed by atoms with van der Waals surface area (Å²) >= 11 is 0. The summed E-state index contributed by atoms with van der Waals surface area (Å²) in [5, 5.41) is 8.87. The molecule has 0 saturated carbocycles. The summed E-state index contributed by atoms with van der Waals surface area (Å²) in [5.41, 5.74) is 4.44. The number of fused-ring (bicyclic) bond motifs is 1. The molecule has 4 heteroatoms. The third-order valence-electron chi connectivity index (χ3n) is 6.23. The molecule has 2 rings (SSSR count). The molecule has 0 amide bonds. The molecule has 0 unspecified atom stereocenters. The fraction of sp³-hybridized carbons (Fsp3) is 0.519. The van der Waals surface area contributed by atoms with Crippen molar-refractivity contribution < 1.29 is 19.0 Å². The topological polar surface area (TPSA) is 46.5 Å². The smallest absolute Gasteiger partial charge is 0.328 e. The van der Waals surface area contributed by atoms with E-state index in [0.29, 0.717) is 24.2 Å². The summed E-state index contributed by atoms with van der Waals surface area (Å²) in [6.45, 7) is 15.2. The average molecular weight is 429 g/mol. The van der Waals surface area contributed by atoms with Gasteiger partial charge in [-0.15, -0.1) is 0 Å². The van der Waals surface area contributed by atoms with Gasteiger partial charge < -0.3 is 9.84 Å². The SMILES string of the molecule is CCCOc1cc2c(cc1\C(CC)=C(F)/C=C/C(C)=C/C(=O)O)C(C)(C)CCC2(C)C. The van der Waals surface area contributed by atoms with Crippen molar-refractivity contribution in [3.8, 4) is 5.75 Å². The molecule has 0 bridgehead atoms. The maximum atomic E-state index is 15.3. The summed E-state index contributed by atoms with van der Waals surface area (Å²) in [4.78, 5) is 10.8. The van der Waals surface area contributed by atoms with Crippen LogP contribution in [0.2, 0.25) is 0 Å². The molecule has 1 aliphatic rings. The van der Waals surface area contributed by atoms with E-state index in [2.05, 4.69) is 46.8 Å².